The molecular formula is C12H18ClN3O2. The molecule has 1 aromatic carbocycles. The Morgan fingerprint density at radius 2 is 1.89 bits per heavy atom. The highest BCUT2D eigenvalue weighted by atomic mass is 35.5. The zero-order valence-corrected chi connectivity index (χ0v) is 11.0. The fourth-order valence-corrected chi connectivity index (χ4v) is 1.35. The highest BCUT2D eigenvalue weighted by Gasteiger charge is 2.14. The van der Waals surface area contributed by atoms with Gasteiger partial charge >= 0.3 is 0 Å². The molecule has 0 fully saturated rings. The number of halogens is 1. The van der Waals surface area contributed by atoms with Crippen LogP contribution in [0.3, 0.4) is 0 Å². The van der Waals surface area contributed by atoms with Crippen molar-refractivity contribution in [1.82, 2.24) is 10.6 Å². The van der Waals surface area contributed by atoms with Crippen molar-refractivity contribution in [3.63, 3.8) is 0 Å². The molecule has 18 heavy (non-hydrogen) atoms. The molecule has 5 nitrogen and oxygen atoms in total. The van der Waals surface area contributed by atoms with E-state index >= 15 is 0 Å². The predicted molar refractivity (Wildman–Crippen MR) is 72.3 cm³/mol. The summed E-state index contributed by atoms with van der Waals surface area (Å²) in [5.41, 5.74) is 6.53. The van der Waals surface area contributed by atoms with E-state index in [1.54, 1.807) is 19.2 Å². The number of carbonyl (C=O) groups is 2. The van der Waals surface area contributed by atoms with Crippen LogP contribution in [0.4, 0.5) is 0 Å². The van der Waals surface area contributed by atoms with E-state index in [1.807, 2.05) is 18.2 Å². The third-order valence-corrected chi connectivity index (χ3v) is 2.37. The number of amides is 2. The molecule has 1 atom stereocenters. The Kier molecular flexibility index (Phi) is 7.74. The van der Waals surface area contributed by atoms with Gasteiger partial charge < -0.3 is 16.4 Å². The number of hydrogen-bond donors (Lipinski definition) is 3. The molecule has 0 aromatic heterocycles. The minimum atomic E-state index is -0.694. The van der Waals surface area contributed by atoms with Gasteiger partial charge in [0.25, 0.3) is 0 Å². The van der Waals surface area contributed by atoms with E-state index in [0.29, 0.717) is 6.54 Å². The van der Waals surface area contributed by atoms with Gasteiger partial charge in [-0.05, 0) is 5.56 Å². The van der Waals surface area contributed by atoms with Gasteiger partial charge in [-0.2, -0.15) is 0 Å². The van der Waals surface area contributed by atoms with Gasteiger partial charge in [0, 0.05) is 20.0 Å². The van der Waals surface area contributed by atoms with Gasteiger partial charge in [-0.3, -0.25) is 9.59 Å². The standard InChI is InChI=1S/C12H17N3O2.ClH/c1-14-10(16)7-8-15-12(17)11(13)9-5-3-2-4-6-9;/h2-6,11H,7-8,13H2,1H3,(H,14,16)(H,15,17);1H. The van der Waals surface area contributed by atoms with E-state index in [2.05, 4.69) is 10.6 Å². The van der Waals surface area contributed by atoms with E-state index < -0.39 is 6.04 Å². The molecule has 0 bridgehead atoms. The van der Waals surface area contributed by atoms with Crippen LogP contribution in [-0.4, -0.2) is 25.4 Å². The summed E-state index contributed by atoms with van der Waals surface area (Å²) in [6.07, 6.45) is 0.254. The second kappa shape index (κ2) is 8.49. The average Bonchev–Trinajstić information content (AvgIpc) is 2.38. The van der Waals surface area contributed by atoms with Crippen LogP contribution >= 0.6 is 12.4 Å². The third kappa shape index (κ3) is 5.16. The third-order valence-electron chi connectivity index (χ3n) is 2.37. The molecular weight excluding hydrogens is 254 g/mol. The first-order chi connectivity index (χ1) is 8.15. The van der Waals surface area contributed by atoms with Gasteiger partial charge in [0.15, 0.2) is 0 Å². The normalized spacial score (nSPS) is 11.0. The lowest BCUT2D eigenvalue weighted by Gasteiger charge is -2.12. The summed E-state index contributed by atoms with van der Waals surface area (Å²) >= 11 is 0. The fraction of sp³-hybridized carbons (Fsp3) is 0.333. The molecule has 100 valence electrons. The highest BCUT2D eigenvalue weighted by Crippen LogP contribution is 2.08. The second-order valence-corrected chi connectivity index (χ2v) is 3.60. The van der Waals surface area contributed by atoms with Gasteiger partial charge in [0.05, 0.1) is 0 Å². The van der Waals surface area contributed by atoms with E-state index in [0.717, 1.165) is 5.56 Å². The van der Waals surface area contributed by atoms with Crippen LogP contribution in [0.5, 0.6) is 0 Å². The quantitative estimate of drug-likeness (QED) is 0.723. The van der Waals surface area contributed by atoms with Crippen molar-refractivity contribution in [2.24, 2.45) is 5.73 Å². The summed E-state index contributed by atoms with van der Waals surface area (Å²) in [6.45, 7) is 0.291. The first kappa shape index (κ1) is 16.4. The topological polar surface area (TPSA) is 84.2 Å². The van der Waals surface area contributed by atoms with Crippen LogP contribution < -0.4 is 16.4 Å². The Morgan fingerprint density at radius 3 is 2.44 bits per heavy atom. The van der Waals surface area contributed by atoms with Crippen molar-refractivity contribution in [2.45, 2.75) is 12.5 Å². The van der Waals surface area contributed by atoms with E-state index in [4.69, 9.17) is 5.73 Å². The second-order valence-electron chi connectivity index (χ2n) is 3.60. The Labute approximate surface area is 113 Å². The summed E-state index contributed by atoms with van der Waals surface area (Å²) < 4.78 is 0. The summed E-state index contributed by atoms with van der Waals surface area (Å²) in [5.74, 6) is -0.390. The van der Waals surface area contributed by atoms with Crippen LogP contribution in [0.1, 0.15) is 18.0 Å². The summed E-state index contributed by atoms with van der Waals surface area (Å²) in [5, 5.41) is 5.10. The zero-order valence-electron chi connectivity index (χ0n) is 10.2. The molecule has 0 spiro atoms. The van der Waals surface area contributed by atoms with Gasteiger partial charge in [-0.15, -0.1) is 12.4 Å². The first-order valence-corrected chi connectivity index (χ1v) is 5.44. The monoisotopic (exact) mass is 271 g/mol. The Hall–Kier alpha value is -1.59. The number of carbonyl (C=O) groups excluding carboxylic acids is 2. The van der Waals surface area contributed by atoms with Crippen molar-refractivity contribution in [3.05, 3.63) is 35.9 Å². The van der Waals surface area contributed by atoms with Crippen LogP contribution in [0.15, 0.2) is 30.3 Å². The lowest BCUT2D eigenvalue weighted by molar-refractivity contribution is -0.123. The Morgan fingerprint density at radius 1 is 1.28 bits per heavy atom. The average molecular weight is 272 g/mol. The number of nitrogens with two attached hydrogens (primary N) is 1. The van der Waals surface area contributed by atoms with Crippen LogP contribution in [0.2, 0.25) is 0 Å². The highest BCUT2D eigenvalue weighted by molar-refractivity contribution is 5.85. The molecule has 0 saturated carbocycles. The summed E-state index contributed by atoms with van der Waals surface area (Å²) in [7, 11) is 1.56. The van der Waals surface area contributed by atoms with Gasteiger partial charge in [-0.1, -0.05) is 30.3 Å². The Balaban J connectivity index is 0.00000289. The molecule has 6 heteroatoms. The van der Waals surface area contributed by atoms with Crippen molar-refractivity contribution in [3.8, 4) is 0 Å². The van der Waals surface area contributed by atoms with Crippen molar-refractivity contribution >= 4 is 24.2 Å². The summed E-state index contributed by atoms with van der Waals surface area (Å²) in [6, 6.07) is 8.41. The molecule has 0 radical (unpaired) electrons. The van der Waals surface area contributed by atoms with E-state index in [1.165, 1.54) is 0 Å². The molecule has 0 aliphatic carbocycles. The van der Waals surface area contributed by atoms with Crippen LogP contribution in [-0.2, 0) is 9.59 Å². The lowest BCUT2D eigenvalue weighted by Crippen LogP contribution is -2.36. The van der Waals surface area contributed by atoms with Gasteiger partial charge in [0.2, 0.25) is 11.8 Å². The summed E-state index contributed by atoms with van der Waals surface area (Å²) in [4.78, 5) is 22.6. The maximum atomic E-state index is 11.6. The Bertz CT molecular complexity index is 384. The van der Waals surface area contributed by atoms with Crippen LogP contribution in [0, 0.1) is 0 Å². The van der Waals surface area contributed by atoms with Gasteiger partial charge in [0.1, 0.15) is 6.04 Å². The smallest absolute Gasteiger partial charge is 0.241 e. The molecule has 1 rings (SSSR count). The SMILES string of the molecule is CNC(=O)CCNC(=O)C(N)c1ccccc1.Cl. The molecule has 0 heterocycles. The molecule has 4 N–H and O–H groups in total. The maximum absolute atomic E-state index is 11.6. The molecule has 0 aliphatic rings. The minimum Gasteiger partial charge on any atom is -0.359 e. The minimum absolute atomic E-state index is 0. The molecule has 1 unspecified atom stereocenters. The largest absolute Gasteiger partial charge is 0.359 e. The van der Waals surface area contributed by atoms with Crippen LogP contribution in [0.25, 0.3) is 0 Å². The van der Waals surface area contributed by atoms with Crippen molar-refractivity contribution in [1.29, 1.82) is 0 Å². The first-order valence-electron chi connectivity index (χ1n) is 5.44. The molecule has 0 aliphatic heterocycles. The number of benzene rings is 1. The molecule has 2 amide bonds. The fourth-order valence-electron chi connectivity index (χ4n) is 1.35. The number of hydrogen-bond acceptors (Lipinski definition) is 3. The van der Waals surface area contributed by atoms with Crippen molar-refractivity contribution in [2.75, 3.05) is 13.6 Å². The predicted octanol–water partition coefficient (Wildman–Crippen LogP) is 0.361. The maximum Gasteiger partial charge on any atom is 0.241 e. The molecule has 0 saturated heterocycles. The molecule has 1 aromatic rings. The van der Waals surface area contributed by atoms with Gasteiger partial charge in [-0.25, -0.2) is 0 Å². The van der Waals surface area contributed by atoms with E-state index in [9.17, 15) is 9.59 Å². The number of nitrogens with one attached hydrogen (secondary N) is 2. The van der Waals surface area contributed by atoms with E-state index in [-0.39, 0.29) is 30.6 Å². The zero-order chi connectivity index (χ0) is 12.7. The van der Waals surface area contributed by atoms with Crippen molar-refractivity contribution < 1.29 is 9.59 Å². The lowest BCUT2D eigenvalue weighted by atomic mass is 10.1. The number of rotatable bonds is 5.